The number of hydrogen-bond acceptors (Lipinski definition) is 9. The van der Waals surface area contributed by atoms with Crippen LogP contribution in [0.15, 0.2) is 6.33 Å². The summed E-state index contributed by atoms with van der Waals surface area (Å²) in [5, 5.41) is 29.6. The Labute approximate surface area is 187 Å². The van der Waals surface area contributed by atoms with Crippen molar-refractivity contribution in [3.05, 3.63) is 12.2 Å². The molecule has 1 aliphatic rings. The lowest BCUT2D eigenvalue weighted by Crippen LogP contribution is -2.33. The summed E-state index contributed by atoms with van der Waals surface area (Å²) < 4.78 is 12.6. The van der Waals surface area contributed by atoms with Crippen molar-refractivity contribution in [1.82, 2.24) is 19.5 Å². The van der Waals surface area contributed by atoms with Crippen LogP contribution in [0.4, 0.5) is 5.82 Å². The molecule has 0 aliphatic carbocycles. The zero-order valence-electron chi connectivity index (χ0n) is 18.5. The largest absolute Gasteiger partial charge is 0.394 e. The first-order valence-corrected chi connectivity index (χ1v) is 11.3. The normalized spacial score (nSPS) is 22.9. The number of nitrogen functional groups attached to an aromatic ring is 1. The Hall–Kier alpha value is -2.29. The van der Waals surface area contributed by atoms with Gasteiger partial charge >= 0.3 is 0 Å². The molecule has 0 amide bonds. The fourth-order valence-electron chi connectivity index (χ4n) is 3.64. The Morgan fingerprint density at radius 2 is 1.91 bits per heavy atom. The van der Waals surface area contributed by atoms with Crippen molar-refractivity contribution in [1.29, 1.82) is 0 Å². The van der Waals surface area contributed by atoms with Crippen molar-refractivity contribution >= 4 is 17.0 Å². The Kier molecular flexibility index (Phi) is 9.20. The standard InChI is InChI=1S/C22H33N5O5/c1-2-3-4-5-6-8-11-31-12-9-7-10-16-25-20(23)17-21(26-16)27(14-24-17)22-19(30)18(29)15(13-28)32-22/h14-15,18-19,22,28-30H,2-6,8-9,11-13H2,1H3,(H2,23,25,26)/t15-,18?,19?,22-/m1/s1. The Bertz CT molecular complexity index is 925. The van der Waals surface area contributed by atoms with E-state index >= 15 is 0 Å². The molecule has 4 atom stereocenters. The molecule has 3 rings (SSSR count). The van der Waals surface area contributed by atoms with E-state index < -0.39 is 31.1 Å². The van der Waals surface area contributed by atoms with Crippen molar-refractivity contribution in [2.24, 2.45) is 0 Å². The smallest absolute Gasteiger partial charge is 0.208 e. The number of fused-ring (bicyclic) bond motifs is 1. The molecule has 2 aromatic rings. The first-order chi connectivity index (χ1) is 15.6. The summed E-state index contributed by atoms with van der Waals surface area (Å²) in [6.45, 7) is 3.08. The molecule has 1 aliphatic heterocycles. The predicted molar refractivity (Wildman–Crippen MR) is 118 cm³/mol. The Morgan fingerprint density at radius 1 is 1.12 bits per heavy atom. The lowest BCUT2D eigenvalue weighted by Gasteiger charge is -2.16. The van der Waals surface area contributed by atoms with Gasteiger partial charge in [0.2, 0.25) is 5.82 Å². The highest BCUT2D eigenvalue weighted by molar-refractivity contribution is 5.82. The van der Waals surface area contributed by atoms with E-state index in [-0.39, 0.29) is 11.6 Å². The summed E-state index contributed by atoms with van der Waals surface area (Å²) >= 11 is 0. The van der Waals surface area contributed by atoms with Gasteiger partial charge in [0.05, 0.1) is 19.5 Å². The molecule has 1 saturated heterocycles. The molecule has 0 aromatic carbocycles. The average Bonchev–Trinajstić information content (AvgIpc) is 3.33. The van der Waals surface area contributed by atoms with Gasteiger partial charge in [0.1, 0.15) is 23.8 Å². The lowest BCUT2D eigenvalue weighted by atomic mass is 10.1. The van der Waals surface area contributed by atoms with Crippen LogP contribution in [0.25, 0.3) is 11.2 Å². The highest BCUT2D eigenvalue weighted by Crippen LogP contribution is 2.31. The SMILES string of the molecule is CCCCCCCCOCCC#Cc1nc(N)c2ncn([C@@H]3O[C@H](CO)C(O)C3O)c2n1. The van der Waals surface area contributed by atoms with Crippen LogP contribution in [0.1, 0.15) is 63.9 Å². The molecule has 10 nitrogen and oxygen atoms in total. The van der Waals surface area contributed by atoms with Gasteiger partial charge in [0.25, 0.3) is 0 Å². The number of hydrogen-bond donors (Lipinski definition) is 4. The topological polar surface area (TPSA) is 149 Å². The number of aliphatic hydroxyl groups excluding tert-OH is 3. The van der Waals surface area contributed by atoms with E-state index in [4.69, 9.17) is 15.2 Å². The van der Waals surface area contributed by atoms with E-state index in [1.54, 1.807) is 0 Å². The van der Waals surface area contributed by atoms with Gasteiger partial charge in [-0.1, -0.05) is 44.9 Å². The molecule has 0 bridgehead atoms. The highest BCUT2D eigenvalue weighted by atomic mass is 16.6. The van der Waals surface area contributed by atoms with Crippen LogP contribution in [-0.4, -0.2) is 73.0 Å². The van der Waals surface area contributed by atoms with Crippen LogP contribution in [0, 0.1) is 11.8 Å². The first kappa shape index (κ1) is 24.4. The molecule has 0 saturated carbocycles. The fourth-order valence-corrected chi connectivity index (χ4v) is 3.64. The molecular formula is C22H33N5O5. The number of nitrogens with zero attached hydrogens (tertiary/aromatic N) is 4. The van der Waals surface area contributed by atoms with Crippen molar-refractivity contribution in [3.63, 3.8) is 0 Å². The van der Waals surface area contributed by atoms with Gasteiger partial charge in [-0.3, -0.25) is 4.57 Å². The number of aliphatic hydroxyl groups is 3. The highest BCUT2D eigenvalue weighted by Gasteiger charge is 2.44. The van der Waals surface area contributed by atoms with Crippen LogP contribution in [0.3, 0.4) is 0 Å². The molecule has 2 aromatic heterocycles. The van der Waals surface area contributed by atoms with Crippen molar-refractivity contribution in [3.8, 4) is 11.8 Å². The van der Waals surface area contributed by atoms with Gasteiger partial charge in [-0.05, 0) is 12.3 Å². The van der Waals surface area contributed by atoms with Gasteiger partial charge in [-0.15, -0.1) is 0 Å². The quantitative estimate of drug-likeness (QED) is 0.294. The van der Waals surface area contributed by atoms with Crippen LogP contribution < -0.4 is 5.73 Å². The Balaban J connectivity index is 1.56. The third-order valence-corrected chi connectivity index (χ3v) is 5.45. The number of ether oxygens (including phenoxy) is 2. The minimum Gasteiger partial charge on any atom is -0.394 e. The second-order valence-corrected chi connectivity index (χ2v) is 7.92. The second kappa shape index (κ2) is 12.1. The summed E-state index contributed by atoms with van der Waals surface area (Å²) in [5.41, 5.74) is 6.67. The number of rotatable bonds is 11. The maximum Gasteiger partial charge on any atom is 0.208 e. The minimum atomic E-state index is -1.25. The summed E-state index contributed by atoms with van der Waals surface area (Å²) in [6.07, 6.45) is 4.99. The van der Waals surface area contributed by atoms with E-state index in [0.29, 0.717) is 24.2 Å². The first-order valence-electron chi connectivity index (χ1n) is 11.3. The fraction of sp³-hybridized carbons (Fsp3) is 0.682. The molecule has 2 unspecified atom stereocenters. The van der Waals surface area contributed by atoms with E-state index in [1.807, 2.05) is 0 Å². The van der Waals surface area contributed by atoms with E-state index in [1.165, 1.54) is 43.0 Å². The Morgan fingerprint density at radius 3 is 2.66 bits per heavy atom. The number of anilines is 1. The van der Waals surface area contributed by atoms with Gasteiger partial charge in [-0.25, -0.2) is 15.0 Å². The number of nitrogens with two attached hydrogens (primary N) is 1. The number of unbranched alkanes of at least 4 members (excludes halogenated alkanes) is 5. The summed E-state index contributed by atoms with van der Waals surface area (Å²) in [6, 6.07) is 0. The molecular weight excluding hydrogens is 414 g/mol. The van der Waals surface area contributed by atoms with Crippen molar-refractivity contribution in [2.75, 3.05) is 25.6 Å². The van der Waals surface area contributed by atoms with Gasteiger partial charge < -0.3 is 30.5 Å². The predicted octanol–water partition coefficient (Wildman–Crippen LogP) is 1.14. The maximum atomic E-state index is 10.3. The third-order valence-electron chi connectivity index (χ3n) is 5.45. The van der Waals surface area contributed by atoms with Crippen molar-refractivity contribution < 1.29 is 24.8 Å². The monoisotopic (exact) mass is 447 g/mol. The van der Waals surface area contributed by atoms with E-state index in [0.717, 1.165) is 13.0 Å². The maximum absolute atomic E-state index is 10.3. The molecule has 32 heavy (non-hydrogen) atoms. The van der Waals surface area contributed by atoms with E-state index in [9.17, 15) is 15.3 Å². The average molecular weight is 448 g/mol. The molecule has 0 radical (unpaired) electrons. The zero-order valence-corrected chi connectivity index (χ0v) is 18.5. The van der Waals surface area contributed by atoms with Gasteiger partial charge in [-0.2, -0.15) is 0 Å². The molecule has 5 N–H and O–H groups in total. The zero-order chi connectivity index (χ0) is 22.9. The molecule has 10 heteroatoms. The van der Waals surface area contributed by atoms with Gasteiger partial charge in [0, 0.05) is 13.0 Å². The minimum absolute atomic E-state index is 0.157. The molecule has 176 valence electrons. The third kappa shape index (κ3) is 5.94. The molecule has 1 fully saturated rings. The lowest BCUT2D eigenvalue weighted by molar-refractivity contribution is -0.0511. The van der Waals surface area contributed by atoms with E-state index in [2.05, 4.69) is 33.7 Å². The number of aromatic nitrogens is 4. The van der Waals surface area contributed by atoms with Crippen LogP contribution in [-0.2, 0) is 9.47 Å². The molecule has 3 heterocycles. The van der Waals surface area contributed by atoms with Crippen LogP contribution in [0.2, 0.25) is 0 Å². The van der Waals surface area contributed by atoms with Crippen LogP contribution >= 0.6 is 0 Å². The van der Waals surface area contributed by atoms with Gasteiger partial charge in [0.15, 0.2) is 17.7 Å². The summed E-state index contributed by atoms with van der Waals surface area (Å²) in [4.78, 5) is 12.8. The molecule has 0 spiro atoms. The summed E-state index contributed by atoms with van der Waals surface area (Å²) in [5.74, 6) is 6.25. The second-order valence-electron chi connectivity index (χ2n) is 7.92. The van der Waals surface area contributed by atoms with Crippen LogP contribution in [0.5, 0.6) is 0 Å². The van der Waals surface area contributed by atoms with Crippen molar-refractivity contribution in [2.45, 2.75) is 76.4 Å². The number of imidazole rings is 1. The summed E-state index contributed by atoms with van der Waals surface area (Å²) in [7, 11) is 0.